The van der Waals surface area contributed by atoms with E-state index in [9.17, 15) is 9.50 Å². The molecule has 6 nitrogen and oxygen atoms in total. The highest BCUT2D eigenvalue weighted by atomic mass is 127. The molecule has 0 aromatic carbocycles. The number of anilines is 1. The van der Waals surface area contributed by atoms with Gasteiger partial charge in [0.25, 0.3) is 0 Å². The van der Waals surface area contributed by atoms with Gasteiger partial charge in [-0.25, -0.2) is 13.9 Å². The third-order valence-corrected chi connectivity index (χ3v) is 4.86. The topological polar surface area (TPSA) is 85.7 Å². The zero-order valence-corrected chi connectivity index (χ0v) is 13.8. The van der Waals surface area contributed by atoms with E-state index in [-0.39, 0.29) is 6.61 Å². The van der Waals surface area contributed by atoms with Crippen LogP contribution in [-0.4, -0.2) is 38.6 Å². The first-order valence-corrected chi connectivity index (χ1v) is 7.63. The van der Waals surface area contributed by atoms with Crippen molar-refractivity contribution in [2.45, 2.75) is 32.2 Å². The Morgan fingerprint density at radius 3 is 2.90 bits per heavy atom. The minimum absolute atomic E-state index is 0.349. The van der Waals surface area contributed by atoms with Gasteiger partial charge < -0.3 is 15.6 Å². The lowest BCUT2D eigenvalue weighted by Crippen LogP contribution is -2.31. The Bertz CT molecular complexity index is 690. The van der Waals surface area contributed by atoms with E-state index in [1.807, 2.05) is 6.07 Å². The second-order valence-corrected chi connectivity index (χ2v) is 6.95. The Morgan fingerprint density at radius 2 is 2.29 bits per heavy atom. The Labute approximate surface area is 134 Å². The molecule has 0 bridgehead atoms. The van der Waals surface area contributed by atoms with E-state index in [0.717, 1.165) is 3.57 Å². The number of rotatable bonds is 2. The van der Waals surface area contributed by atoms with Crippen molar-refractivity contribution in [3.63, 3.8) is 0 Å². The molecule has 2 aromatic heterocycles. The van der Waals surface area contributed by atoms with Gasteiger partial charge in [-0.15, -0.1) is 0 Å². The molecule has 0 spiro atoms. The van der Waals surface area contributed by atoms with Gasteiger partial charge in [-0.3, -0.25) is 0 Å². The van der Waals surface area contributed by atoms with Gasteiger partial charge in [0.2, 0.25) is 0 Å². The first-order valence-electron chi connectivity index (χ1n) is 6.56. The summed E-state index contributed by atoms with van der Waals surface area (Å²) in [6, 6.07) is 1.87. The van der Waals surface area contributed by atoms with Crippen molar-refractivity contribution in [3.05, 3.63) is 21.7 Å². The minimum atomic E-state index is -1.25. The highest BCUT2D eigenvalue weighted by molar-refractivity contribution is 14.1. The fraction of sp³-hybridized carbons (Fsp3) is 0.538. The van der Waals surface area contributed by atoms with Crippen LogP contribution in [0.1, 0.15) is 25.6 Å². The van der Waals surface area contributed by atoms with E-state index in [2.05, 4.69) is 32.7 Å². The lowest BCUT2D eigenvalue weighted by molar-refractivity contribution is -0.0142. The van der Waals surface area contributed by atoms with Crippen molar-refractivity contribution in [1.29, 1.82) is 0 Å². The standard InChI is InChI=1S/C13H16FIN4O2/c1-13(2)10(14)8(4-20)21-11(13)7-3-6(15)9-12(16)17-5-18-19(7)9/h3,5,8,10-11,20H,4H2,1-2H3,(H2,16,17,18)/t8-,10-,11+/m1/s1. The average Bonchev–Trinajstić information content (AvgIpc) is 2.87. The number of nitrogens with zero attached hydrogens (tertiary/aromatic N) is 3. The second-order valence-electron chi connectivity index (χ2n) is 5.78. The van der Waals surface area contributed by atoms with Gasteiger partial charge in [-0.2, -0.15) is 5.10 Å². The maximum Gasteiger partial charge on any atom is 0.152 e. The Hall–Kier alpha value is -1.00. The molecule has 3 heterocycles. The molecule has 0 unspecified atom stereocenters. The molecule has 3 atom stereocenters. The van der Waals surface area contributed by atoms with Crippen LogP contribution in [0.5, 0.6) is 0 Å². The van der Waals surface area contributed by atoms with Crippen molar-refractivity contribution in [2.75, 3.05) is 12.3 Å². The number of nitrogens with two attached hydrogens (primary N) is 1. The van der Waals surface area contributed by atoms with Gasteiger partial charge in [0.05, 0.1) is 12.3 Å². The van der Waals surface area contributed by atoms with Crippen molar-refractivity contribution in [3.8, 4) is 0 Å². The number of aliphatic hydroxyl groups is 1. The summed E-state index contributed by atoms with van der Waals surface area (Å²) in [5.74, 6) is 0.368. The van der Waals surface area contributed by atoms with E-state index in [1.165, 1.54) is 6.33 Å². The van der Waals surface area contributed by atoms with E-state index in [1.54, 1.807) is 18.4 Å². The number of fused-ring (bicyclic) bond motifs is 1. The molecule has 3 rings (SSSR count). The highest BCUT2D eigenvalue weighted by Crippen LogP contribution is 2.49. The monoisotopic (exact) mass is 406 g/mol. The quantitative estimate of drug-likeness (QED) is 0.742. The van der Waals surface area contributed by atoms with Crippen LogP contribution < -0.4 is 5.73 Å². The summed E-state index contributed by atoms with van der Waals surface area (Å²) in [6.45, 7) is 3.22. The maximum atomic E-state index is 14.4. The predicted octanol–water partition coefficient (Wildman–Crippen LogP) is 1.71. The van der Waals surface area contributed by atoms with Crippen molar-refractivity contribution < 1.29 is 14.2 Å². The second kappa shape index (κ2) is 5.03. The number of nitrogen functional groups attached to an aromatic ring is 1. The molecule has 21 heavy (non-hydrogen) atoms. The fourth-order valence-electron chi connectivity index (χ4n) is 2.86. The molecule has 1 aliphatic heterocycles. The van der Waals surface area contributed by atoms with E-state index in [4.69, 9.17) is 10.5 Å². The van der Waals surface area contributed by atoms with Crippen molar-refractivity contribution in [2.24, 2.45) is 5.41 Å². The Morgan fingerprint density at radius 1 is 1.57 bits per heavy atom. The van der Waals surface area contributed by atoms with Gasteiger partial charge >= 0.3 is 0 Å². The smallest absolute Gasteiger partial charge is 0.152 e. The van der Waals surface area contributed by atoms with Crippen LogP contribution in [0.25, 0.3) is 5.52 Å². The normalized spacial score (nSPS) is 28.3. The lowest BCUT2D eigenvalue weighted by Gasteiger charge is -2.26. The third kappa shape index (κ3) is 2.11. The van der Waals surface area contributed by atoms with Crippen LogP contribution in [0, 0.1) is 8.99 Å². The molecule has 0 radical (unpaired) electrons. The number of alkyl halides is 1. The molecule has 1 saturated heterocycles. The number of aromatic nitrogens is 3. The number of ether oxygens (including phenoxy) is 1. The summed E-state index contributed by atoms with van der Waals surface area (Å²) in [4.78, 5) is 3.98. The molecule has 8 heteroatoms. The number of halogens is 2. The number of hydrogen-bond acceptors (Lipinski definition) is 5. The minimum Gasteiger partial charge on any atom is -0.394 e. The van der Waals surface area contributed by atoms with Crippen molar-refractivity contribution >= 4 is 33.9 Å². The molecule has 0 aliphatic carbocycles. The Balaban J connectivity index is 2.15. The van der Waals surface area contributed by atoms with E-state index in [0.29, 0.717) is 17.0 Å². The van der Waals surface area contributed by atoms with Crippen LogP contribution in [0.2, 0.25) is 0 Å². The van der Waals surface area contributed by atoms with Crippen LogP contribution in [-0.2, 0) is 4.74 Å². The SMILES string of the molecule is CC1(C)[C@H](F)[C@@H](CO)O[C@H]1c1cc(I)c2c(N)ncnn12. The first-order chi connectivity index (χ1) is 9.87. The first kappa shape index (κ1) is 14.9. The summed E-state index contributed by atoms with van der Waals surface area (Å²) >= 11 is 2.14. The van der Waals surface area contributed by atoms with Gasteiger partial charge in [-0.1, -0.05) is 13.8 Å². The maximum absolute atomic E-state index is 14.4. The van der Waals surface area contributed by atoms with E-state index < -0.39 is 23.8 Å². The fourth-order valence-corrected chi connectivity index (χ4v) is 3.69. The Kier molecular flexibility index (Phi) is 3.57. The van der Waals surface area contributed by atoms with E-state index >= 15 is 0 Å². The summed E-state index contributed by atoms with van der Waals surface area (Å²) in [6.07, 6.45) is -1.24. The van der Waals surface area contributed by atoms with Crippen molar-refractivity contribution in [1.82, 2.24) is 14.6 Å². The van der Waals surface area contributed by atoms with Crippen LogP contribution in [0.4, 0.5) is 10.2 Å². The molecule has 2 aromatic rings. The molecule has 114 valence electrons. The molecule has 1 aliphatic rings. The van der Waals surface area contributed by atoms with Gasteiger partial charge in [0.15, 0.2) is 5.82 Å². The van der Waals surface area contributed by atoms with Gasteiger partial charge in [-0.05, 0) is 28.7 Å². The lowest BCUT2D eigenvalue weighted by atomic mass is 9.81. The highest BCUT2D eigenvalue weighted by Gasteiger charge is 2.52. The molecule has 0 amide bonds. The largest absolute Gasteiger partial charge is 0.394 e. The summed E-state index contributed by atoms with van der Waals surface area (Å²) in [5.41, 5.74) is 6.52. The van der Waals surface area contributed by atoms with Crippen LogP contribution >= 0.6 is 22.6 Å². The molecular weight excluding hydrogens is 390 g/mol. The predicted molar refractivity (Wildman–Crippen MR) is 83.5 cm³/mol. The summed E-state index contributed by atoms with van der Waals surface area (Å²) in [5, 5.41) is 13.5. The molecule has 3 N–H and O–H groups in total. The molecule has 0 saturated carbocycles. The van der Waals surface area contributed by atoms with Crippen LogP contribution in [0.15, 0.2) is 12.4 Å². The summed E-state index contributed by atoms with van der Waals surface area (Å²) < 4.78 is 22.7. The number of aliphatic hydroxyl groups excluding tert-OH is 1. The summed E-state index contributed by atoms with van der Waals surface area (Å²) in [7, 11) is 0. The van der Waals surface area contributed by atoms with Crippen LogP contribution in [0.3, 0.4) is 0 Å². The number of hydrogen-bond donors (Lipinski definition) is 2. The molecular formula is C13H16FIN4O2. The zero-order valence-electron chi connectivity index (χ0n) is 11.6. The van der Waals surface area contributed by atoms with Gasteiger partial charge in [0.1, 0.15) is 30.2 Å². The molecule has 1 fully saturated rings. The average molecular weight is 406 g/mol. The third-order valence-electron chi connectivity index (χ3n) is 4.04. The van der Waals surface area contributed by atoms with Gasteiger partial charge in [0, 0.05) is 8.99 Å². The zero-order chi connectivity index (χ0) is 15.4.